The van der Waals surface area contributed by atoms with E-state index in [0.29, 0.717) is 38.2 Å². The first-order valence-electron chi connectivity index (χ1n) is 5.65. The van der Waals surface area contributed by atoms with Gasteiger partial charge in [-0.25, -0.2) is 4.99 Å². The molecule has 8 nitrogen and oxygen atoms in total. The third-order valence-electron chi connectivity index (χ3n) is 2.12. The summed E-state index contributed by atoms with van der Waals surface area (Å²) in [5, 5.41) is 13.9. The molecule has 1 rings (SSSR count). The average molecular weight is 251 g/mol. The Morgan fingerprint density at radius 3 is 3.17 bits per heavy atom. The monoisotopic (exact) mass is 251 g/mol. The summed E-state index contributed by atoms with van der Waals surface area (Å²) in [6.45, 7) is 4.45. The van der Waals surface area contributed by atoms with Crippen molar-refractivity contribution in [1.82, 2.24) is 25.5 Å². The number of aliphatic imine (C=N–C) groups is 1. The van der Waals surface area contributed by atoms with E-state index in [2.05, 4.69) is 32.4 Å². The molecule has 98 valence electrons. The number of nitrogens with zero attached hydrogens (tertiary/aromatic N) is 5. The second kappa shape index (κ2) is 8.07. The average Bonchev–Trinajstić information content (AvgIpc) is 2.81. The summed E-state index contributed by atoms with van der Waals surface area (Å²) in [6.07, 6.45) is 4.51. The standard InChI is InChI=1S/C10H17N7O/c1-2-12-8-17-9(14-15-16-17)5-7-13-10(18)4-3-6-11/h2,8H,1,3-7,11H2,(H,13,18). The molecule has 0 bridgehead atoms. The van der Waals surface area contributed by atoms with Crippen LogP contribution in [0.5, 0.6) is 0 Å². The third-order valence-corrected chi connectivity index (χ3v) is 2.12. The van der Waals surface area contributed by atoms with Crippen molar-refractivity contribution in [3.8, 4) is 0 Å². The third kappa shape index (κ3) is 4.83. The Morgan fingerprint density at radius 2 is 2.44 bits per heavy atom. The van der Waals surface area contributed by atoms with Gasteiger partial charge in [0.1, 0.15) is 6.34 Å². The Morgan fingerprint density at radius 1 is 1.61 bits per heavy atom. The number of carbonyl (C=O) groups excluding carboxylic acids is 1. The molecule has 1 heterocycles. The number of nitrogens with two attached hydrogens (primary N) is 1. The van der Waals surface area contributed by atoms with Gasteiger partial charge in [-0.2, -0.15) is 4.68 Å². The summed E-state index contributed by atoms with van der Waals surface area (Å²) in [5.41, 5.74) is 5.32. The predicted octanol–water partition coefficient (Wildman–Crippen LogP) is -0.909. The van der Waals surface area contributed by atoms with Gasteiger partial charge in [0.25, 0.3) is 0 Å². The molecule has 1 aromatic heterocycles. The fraction of sp³-hybridized carbons (Fsp3) is 0.500. The van der Waals surface area contributed by atoms with Gasteiger partial charge in [0.05, 0.1) is 0 Å². The number of hydrogen-bond acceptors (Lipinski definition) is 6. The van der Waals surface area contributed by atoms with E-state index in [4.69, 9.17) is 5.73 Å². The minimum Gasteiger partial charge on any atom is -0.356 e. The van der Waals surface area contributed by atoms with Crippen LogP contribution in [0.4, 0.5) is 0 Å². The Kier molecular flexibility index (Phi) is 6.26. The molecule has 3 N–H and O–H groups in total. The quantitative estimate of drug-likeness (QED) is 0.459. The minimum absolute atomic E-state index is 0.0146. The summed E-state index contributed by atoms with van der Waals surface area (Å²) in [4.78, 5) is 15.1. The number of hydrogen-bond donors (Lipinski definition) is 2. The molecular weight excluding hydrogens is 234 g/mol. The van der Waals surface area contributed by atoms with E-state index in [1.165, 1.54) is 17.2 Å². The second-order valence-corrected chi connectivity index (χ2v) is 3.48. The molecule has 1 amide bonds. The summed E-state index contributed by atoms with van der Waals surface area (Å²) < 4.78 is 1.44. The Balaban J connectivity index is 2.35. The van der Waals surface area contributed by atoms with Crippen LogP contribution in [0.15, 0.2) is 17.8 Å². The van der Waals surface area contributed by atoms with E-state index < -0.39 is 0 Å². The fourth-order valence-electron chi connectivity index (χ4n) is 1.24. The largest absolute Gasteiger partial charge is 0.356 e. The zero-order chi connectivity index (χ0) is 13.2. The Labute approximate surface area is 105 Å². The first kappa shape index (κ1) is 14.0. The van der Waals surface area contributed by atoms with Crippen molar-refractivity contribution < 1.29 is 4.79 Å². The van der Waals surface area contributed by atoms with E-state index in [9.17, 15) is 4.79 Å². The van der Waals surface area contributed by atoms with Gasteiger partial charge >= 0.3 is 0 Å². The first-order chi connectivity index (χ1) is 8.77. The molecular formula is C10H17N7O. The maximum absolute atomic E-state index is 11.3. The molecule has 8 heteroatoms. The van der Waals surface area contributed by atoms with Crippen LogP contribution in [0.2, 0.25) is 0 Å². The number of amides is 1. The molecule has 0 atom stereocenters. The fourth-order valence-corrected chi connectivity index (χ4v) is 1.24. The number of rotatable bonds is 8. The lowest BCUT2D eigenvalue weighted by Crippen LogP contribution is -2.26. The van der Waals surface area contributed by atoms with E-state index in [-0.39, 0.29) is 5.91 Å². The number of carbonyl (C=O) groups is 1. The lowest BCUT2D eigenvalue weighted by Gasteiger charge is -2.03. The van der Waals surface area contributed by atoms with Crippen molar-refractivity contribution >= 4 is 12.2 Å². The predicted molar refractivity (Wildman–Crippen MR) is 66.9 cm³/mol. The summed E-state index contributed by atoms with van der Waals surface area (Å²) in [5.74, 6) is 0.610. The maximum Gasteiger partial charge on any atom is 0.220 e. The molecule has 0 aliphatic carbocycles. The second-order valence-electron chi connectivity index (χ2n) is 3.48. The SMILES string of the molecule is C=CN=Cn1nnnc1CCNC(=O)CCCN. The maximum atomic E-state index is 11.3. The van der Waals surface area contributed by atoms with Gasteiger partial charge < -0.3 is 11.1 Å². The summed E-state index contributed by atoms with van der Waals surface area (Å²) >= 11 is 0. The first-order valence-corrected chi connectivity index (χ1v) is 5.65. The molecule has 0 radical (unpaired) electrons. The molecule has 18 heavy (non-hydrogen) atoms. The van der Waals surface area contributed by atoms with Crippen LogP contribution >= 0.6 is 0 Å². The Bertz CT molecular complexity index is 412. The van der Waals surface area contributed by atoms with E-state index in [0.717, 1.165) is 0 Å². The van der Waals surface area contributed by atoms with Crippen LogP contribution in [-0.2, 0) is 11.2 Å². The molecule has 0 aliphatic rings. The van der Waals surface area contributed by atoms with Crippen LogP contribution in [0.3, 0.4) is 0 Å². The van der Waals surface area contributed by atoms with Gasteiger partial charge in [0.2, 0.25) is 5.91 Å². The summed E-state index contributed by atoms with van der Waals surface area (Å²) in [6, 6.07) is 0. The zero-order valence-electron chi connectivity index (χ0n) is 10.1. The lowest BCUT2D eigenvalue weighted by atomic mass is 10.3. The van der Waals surface area contributed by atoms with E-state index in [1.54, 1.807) is 0 Å². The number of aromatic nitrogens is 4. The Hall–Kier alpha value is -2.09. The highest BCUT2D eigenvalue weighted by atomic mass is 16.1. The van der Waals surface area contributed by atoms with Crippen LogP contribution in [0.1, 0.15) is 18.7 Å². The van der Waals surface area contributed by atoms with Crippen LogP contribution < -0.4 is 11.1 Å². The zero-order valence-corrected chi connectivity index (χ0v) is 10.1. The van der Waals surface area contributed by atoms with Crippen LogP contribution in [0, 0.1) is 0 Å². The minimum atomic E-state index is -0.0146. The highest BCUT2D eigenvalue weighted by molar-refractivity contribution is 5.75. The van der Waals surface area contributed by atoms with Crippen molar-refractivity contribution in [2.24, 2.45) is 10.7 Å². The lowest BCUT2D eigenvalue weighted by molar-refractivity contribution is -0.121. The van der Waals surface area contributed by atoms with Gasteiger partial charge in [-0.1, -0.05) is 6.58 Å². The number of tetrazole rings is 1. The van der Waals surface area contributed by atoms with Gasteiger partial charge in [-0.05, 0) is 23.4 Å². The molecule has 0 fully saturated rings. The molecule has 0 aromatic carbocycles. The van der Waals surface area contributed by atoms with Gasteiger partial charge in [0.15, 0.2) is 5.82 Å². The van der Waals surface area contributed by atoms with Crippen molar-refractivity contribution in [3.05, 3.63) is 18.6 Å². The van der Waals surface area contributed by atoms with Crippen molar-refractivity contribution in [2.75, 3.05) is 13.1 Å². The molecule has 0 unspecified atom stereocenters. The molecule has 0 saturated carbocycles. The molecule has 0 spiro atoms. The summed E-state index contributed by atoms with van der Waals surface area (Å²) in [7, 11) is 0. The molecule has 1 aromatic rings. The van der Waals surface area contributed by atoms with Gasteiger partial charge in [0, 0.05) is 25.6 Å². The highest BCUT2D eigenvalue weighted by Gasteiger charge is 2.05. The van der Waals surface area contributed by atoms with Crippen molar-refractivity contribution in [3.63, 3.8) is 0 Å². The smallest absolute Gasteiger partial charge is 0.220 e. The van der Waals surface area contributed by atoms with Crippen molar-refractivity contribution in [2.45, 2.75) is 19.3 Å². The van der Waals surface area contributed by atoms with Gasteiger partial charge in [-0.3, -0.25) is 4.79 Å². The molecule has 0 aliphatic heterocycles. The van der Waals surface area contributed by atoms with Crippen LogP contribution in [0.25, 0.3) is 0 Å². The number of nitrogens with one attached hydrogen (secondary N) is 1. The van der Waals surface area contributed by atoms with Gasteiger partial charge in [-0.15, -0.1) is 5.10 Å². The van der Waals surface area contributed by atoms with E-state index >= 15 is 0 Å². The topological polar surface area (TPSA) is 111 Å². The van der Waals surface area contributed by atoms with Crippen LogP contribution in [-0.4, -0.2) is 45.5 Å². The normalized spacial score (nSPS) is 10.7. The van der Waals surface area contributed by atoms with E-state index in [1.807, 2.05) is 0 Å². The highest BCUT2D eigenvalue weighted by Crippen LogP contribution is 1.91. The molecule has 0 saturated heterocycles. The van der Waals surface area contributed by atoms with Crippen molar-refractivity contribution in [1.29, 1.82) is 0 Å².